The molecule has 0 radical (unpaired) electrons. The van der Waals surface area contributed by atoms with Crippen LogP contribution in [0, 0.1) is 15.9 Å². The normalized spacial score (nSPS) is 9.94. The molecule has 0 aliphatic heterocycles. The number of carbonyl (C=O) groups is 2. The Balaban J connectivity index is 3.38. The van der Waals surface area contributed by atoms with Crippen LogP contribution in [0.15, 0.2) is 12.1 Å². The Morgan fingerprint density at radius 1 is 1.39 bits per heavy atom. The summed E-state index contributed by atoms with van der Waals surface area (Å²) in [5, 5.41) is 10.8. The van der Waals surface area contributed by atoms with Gasteiger partial charge in [0, 0.05) is 6.07 Å². The van der Waals surface area contributed by atoms with Crippen LogP contribution in [0.1, 0.15) is 24.2 Å². The highest BCUT2D eigenvalue weighted by Gasteiger charge is 2.25. The van der Waals surface area contributed by atoms with Crippen molar-refractivity contribution in [3.8, 4) is 5.75 Å². The van der Waals surface area contributed by atoms with E-state index in [1.165, 1.54) is 6.92 Å². The van der Waals surface area contributed by atoms with Crippen molar-refractivity contribution in [2.75, 3.05) is 6.61 Å². The van der Waals surface area contributed by atoms with Crippen molar-refractivity contribution in [2.45, 2.75) is 13.8 Å². The monoisotopic (exact) mass is 255 g/mol. The summed E-state index contributed by atoms with van der Waals surface area (Å²) in [6.07, 6.45) is 0. The van der Waals surface area contributed by atoms with Crippen molar-refractivity contribution in [3.05, 3.63) is 33.6 Å². The number of hydrogen-bond acceptors (Lipinski definition) is 5. The zero-order chi connectivity index (χ0) is 13.9. The highest BCUT2D eigenvalue weighted by Crippen LogP contribution is 2.33. The van der Waals surface area contributed by atoms with Gasteiger partial charge in [0.2, 0.25) is 5.75 Å². The number of ketones is 2. The summed E-state index contributed by atoms with van der Waals surface area (Å²) >= 11 is 0. The Hall–Kier alpha value is -2.31. The molecule has 18 heavy (non-hydrogen) atoms. The second-order valence-corrected chi connectivity index (χ2v) is 3.57. The maximum atomic E-state index is 13.5. The number of Topliss-reactive ketones (excluding diaryl/α,β-unsaturated/α-hetero) is 2. The Morgan fingerprint density at radius 2 is 2.00 bits per heavy atom. The fourth-order valence-electron chi connectivity index (χ4n) is 1.34. The van der Waals surface area contributed by atoms with E-state index in [-0.39, 0.29) is 0 Å². The zero-order valence-corrected chi connectivity index (χ0v) is 9.73. The number of carbonyl (C=O) groups excluding carboxylic acids is 2. The third-order valence-electron chi connectivity index (χ3n) is 2.05. The topological polar surface area (TPSA) is 86.5 Å². The van der Waals surface area contributed by atoms with Gasteiger partial charge in [-0.25, -0.2) is 4.39 Å². The van der Waals surface area contributed by atoms with Gasteiger partial charge in [0.1, 0.15) is 18.0 Å². The summed E-state index contributed by atoms with van der Waals surface area (Å²) in [4.78, 5) is 32.0. The predicted molar refractivity (Wildman–Crippen MR) is 59.2 cm³/mol. The summed E-state index contributed by atoms with van der Waals surface area (Å²) in [5.74, 6) is -2.55. The van der Waals surface area contributed by atoms with Gasteiger partial charge in [-0.3, -0.25) is 19.7 Å². The smallest absolute Gasteiger partial charge is 0.311 e. The molecule has 6 nitrogen and oxygen atoms in total. The van der Waals surface area contributed by atoms with Gasteiger partial charge in [-0.1, -0.05) is 0 Å². The van der Waals surface area contributed by atoms with Gasteiger partial charge in [0.15, 0.2) is 11.6 Å². The number of benzene rings is 1. The van der Waals surface area contributed by atoms with Gasteiger partial charge < -0.3 is 4.74 Å². The van der Waals surface area contributed by atoms with Crippen LogP contribution in [-0.2, 0) is 4.79 Å². The number of nitro groups is 1. The first-order chi connectivity index (χ1) is 8.34. The fraction of sp³-hybridized carbons (Fsp3) is 0.273. The van der Waals surface area contributed by atoms with Crippen molar-refractivity contribution in [1.82, 2.24) is 0 Å². The van der Waals surface area contributed by atoms with Crippen molar-refractivity contribution >= 4 is 17.3 Å². The van der Waals surface area contributed by atoms with E-state index in [4.69, 9.17) is 4.74 Å². The van der Waals surface area contributed by atoms with Crippen molar-refractivity contribution < 1.29 is 23.6 Å². The number of nitro benzene ring substituents is 1. The Morgan fingerprint density at radius 3 is 2.44 bits per heavy atom. The summed E-state index contributed by atoms with van der Waals surface area (Å²) in [6, 6.07) is 1.70. The molecule has 0 amide bonds. The van der Waals surface area contributed by atoms with E-state index in [1.807, 2.05) is 0 Å². The average Bonchev–Trinajstić information content (AvgIpc) is 2.24. The molecule has 0 N–H and O–H groups in total. The Bertz CT molecular complexity index is 526. The Kier molecular flexibility index (Phi) is 4.09. The molecule has 0 heterocycles. The van der Waals surface area contributed by atoms with Crippen LogP contribution in [0.4, 0.5) is 10.1 Å². The lowest BCUT2D eigenvalue weighted by atomic mass is 10.1. The minimum absolute atomic E-state index is 0.400. The molecular formula is C11H10FNO5. The minimum Gasteiger partial charge on any atom is -0.478 e. The number of halogens is 1. The van der Waals surface area contributed by atoms with Gasteiger partial charge in [0.25, 0.3) is 0 Å². The number of nitrogens with zero attached hydrogens (tertiary/aromatic N) is 1. The second-order valence-electron chi connectivity index (χ2n) is 3.57. The lowest BCUT2D eigenvalue weighted by Gasteiger charge is -2.09. The van der Waals surface area contributed by atoms with E-state index in [9.17, 15) is 24.1 Å². The standard InChI is InChI=1S/C11H10FNO5/c1-6(14)5-18-11-9(13(16)17)4-3-8(12)10(11)7(2)15/h3-4H,5H2,1-2H3. The van der Waals surface area contributed by atoms with E-state index in [2.05, 4.69) is 0 Å². The lowest BCUT2D eigenvalue weighted by molar-refractivity contribution is -0.385. The van der Waals surface area contributed by atoms with Crippen molar-refractivity contribution in [1.29, 1.82) is 0 Å². The number of hydrogen-bond donors (Lipinski definition) is 0. The van der Waals surface area contributed by atoms with E-state index < -0.39 is 45.9 Å². The van der Waals surface area contributed by atoms with Crippen LogP contribution >= 0.6 is 0 Å². The SMILES string of the molecule is CC(=O)COc1c([N+](=O)[O-])ccc(F)c1C(C)=O. The van der Waals surface area contributed by atoms with Crippen LogP contribution in [0.3, 0.4) is 0 Å². The summed E-state index contributed by atoms with van der Waals surface area (Å²) in [6.45, 7) is 1.80. The predicted octanol–water partition coefficient (Wildman–Crippen LogP) is 1.90. The van der Waals surface area contributed by atoms with Gasteiger partial charge in [-0.15, -0.1) is 0 Å². The first kappa shape index (κ1) is 13.8. The molecule has 1 rings (SSSR count). The van der Waals surface area contributed by atoms with Crippen LogP contribution in [0.25, 0.3) is 0 Å². The van der Waals surface area contributed by atoms with Crippen LogP contribution < -0.4 is 4.74 Å². The highest BCUT2D eigenvalue weighted by atomic mass is 19.1. The molecule has 96 valence electrons. The van der Waals surface area contributed by atoms with Gasteiger partial charge in [0.05, 0.1) is 4.92 Å². The van der Waals surface area contributed by atoms with E-state index in [0.29, 0.717) is 0 Å². The summed E-state index contributed by atoms with van der Waals surface area (Å²) < 4.78 is 18.3. The summed E-state index contributed by atoms with van der Waals surface area (Å²) in [5.41, 5.74) is -1.08. The van der Waals surface area contributed by atoms with E-state index >= 15 is 0 Å². The van der Waals surface area contributed by atoms with E-state index in [1.54, 1.807) is 0 Å². The molecular weight excluding hydrogens is 245 g/mol. The molecule has 0 unspecified atom stereocenters. The second kappa shape index (κ2) is 5.35. The molecule has 0 bridgehead atoms. The quantitative estimate of drug-likeness (QED) is 0.455. The van der Waals surface area contributed by atoms with Gasteiger partial charge >= 0.3 is 5.69 Å². The third kappa shape index (κ3) is 2.88. The number of rotatable bonds is 5. The first-order valence-electron chi connectivity index (χ1n) is 4.94. The molecule has 0 saturated carbocycles. The fourth-order valence-corrected chi connectivity index (χ4v) is 1.34. The molecule has 1 aromatic carbocycles. The minimum atomic E-state index is -0.924. The highest BCUT2D eigenvalue weighted by molar-refractivity contribution is 5.98. The van der Waals surface area contributed by atoms with Crippen molar-refractivity contribution in [2.24, 2.45) is 0 Å². The molecule has 0 aliphatic carbocycles. The van der Waals surface area contributed by atoms with Crippen LogP contribution in [-0.4, -0.2) is 23.1 Å². The molecule has 0 saturated heterocycles. The molecule has 0 aromatic heterocycles. The molecule has 0 atom stereocenters. The average molecular weight is 255 g/mol. The molecule has 0 fully saturated rings. The Labute approximate surface area is 102 Å². The van der Waals surface area contributed by atoms with Gasteiger partial charge in [-0.05, 0) is 19.9 Å². The first-order valence-corrected chi connectivity index (χ1v) is 4.94. The lowest BCUT2D eigenvalue weighted by Crippen LogP contribution is -2.12. The molecule has 0 spiro atoms. The molecule has 1 aromatic rings. The van der Waals surface area contributed by atoms with E-state index in [0.717, 1.165) is 19.1 Å². The largest absolute Gasteiger partial charge is 0.478 e. The van der Waals surface area contributed by atoms with Crippen LogP contribution in [0.2, 0.25) is 0 Å². The molecule has 7 heteroatoms. The maximum Gasteiger partial charge on any atom is 0.311 e. The van der Waals surface area contributed by atoms with Crippen molar-refractivity contribution in [3.63, 3.8) is 0 Å². The number of ether oxygens (including phenoxy) is 1. The molecule has 0 aliphatic rings. The summed E-state index contributed by atoms with van der Waals surface area (Å²) in [7, 11) is 0. The van der Waals surface area contributed by atoms with Gasteiger partial charge in [-0.2, -0.15) is 0 Å². The van der Waals surface area contributed by atoms with Crippen LogP contribution in [0.5, 0.6) is 5.75 Å². The zero-order valence-electron chi connectivity index (χ0n) is 9.73. The maximum absolute atomic E-state index is 13.5. The third-order valence-corrected chi connectivity index (χ3v) is 2.05.